The monoisotopic (exact) mass is 862 g/mol. The van der Waals surface area contributed by atoms with Gasteiger partial charge in [0, 0.05) is 18.0 Å². The topological polar surface area (TPSA) is 155 Å². The summed E-state index contributed by atoms with van der Waals surface area (Å²) < 4.78 is 15.9. The number of para-hydroxylation sites is 2. The number of aromatic nitrogens is 4. The number of carbonyl (C=O) groups is 2. The van der Waals surface area contributed by atoms with E-state index < -0.39 is 25.7 Å². The fourth-order valence-corrected chi connectivity index (χ4v) is 14.9. The molecular weight excluding hydrogens is 813 g/mol. The average Bonchev–Trinajstić information content (AvgIpc) is 4.11. The maximum atomic E-state index is 15.7. The van der Waals surface area contributed by atoms with Crippen molar-refractivity contribution in [1.82, 2.24) is 24.5 Å². The Balaban J connectivity index is 1.09. The van der Waals surface area contributed by atoms with Crippen LogP contribution in [0.25, 0.3) is 33.2 Å². The number of aliphatic hydroxyl groups excluding tert-OH is 1. The lowest BCUT2D eigenvalue weighted by molar-refractivity contribution is -0.150. The molecule has 63 heavy (non-hydrogen) atoms. The van der Waals surface area contributed by atoms with Gasteiger partial charge in [0.2, 0.25) is 5.91 Å². The number of methoxy groups -OCH3 is 1. The summed E-state index contributed by atoms with van der Waals surface area (Å²) in [5.41, 5.74) is 2.68. The van der Waals surface area contributed by atoms with Crippen molar-refractivity contribution in [3.63, 3.8) is 0 Å². The van der Waals surface area contributed by atoms with E-state index in [-0.39, 0.29) is 54.1 Å². The Hall–Kier alpha value is -6.48. The molecule has 2 aromatic heterocycles. The van der Waals surface area contributed by atoms with Crippen molar-refractivity contribution in [2.75, 3.05) is 25.2 Å². The van der Waals surface area contributed by atoms with Crippen LogP contribution in [0.5, 0.6) is 5.75 Å². The second-order valence-corrected chi connectivity index (χ2v) is 22.5. The van der Waals surface area contributed by atoms with Crippen LogP contribution in [0.1, 0.15) is 37.3 Å². The van der Waals surface area contributed by atoms with Gasteiger partial charge in [0.25, 0.3) is 17.0 Å². The fourth-order valence-electron chi connectivity index (χ4n) is 10.9. The molecule has 13 nitrogen and oxygen atoms in total. The molecule has 1 spiro atoms. The van der Waals surface area contributed by atoms with Crippen molar-refractivity contribution in [2.45, 2.75) is 69.1 Å². The lowest BCUT2D eigenvalue weighted by Crippen LogP contribution is -2.52. The Morgan fingerprint density at radius 1 is 0.841 bits per heavy atom. The molecule has 14 heteroatoms. The van der Waals surface area contributed by atoms with Crippen molar-refractivity contribution in [2.24, 2.45) is 5.92 Å². The number of likely N-dealkylation sites (tertiary alicyclic amines) is 1. The maximum Gasteiger partial charge on any atom is 0.279 e. The molecule has 0 saturated carbocycles. The van der Waals surface area contributed by atoms with E-state index in [2.05, 4.69) is 42.3 Å². The molecule has 5 heterocycles. The Kier molecular flexibility index (Phi) is 9.92. The molecule has 7 aromatic rings. The van der Waals surface area contributed by atoms with Crippen LogP contribution in [0.3, 0.4) is 0 Å². The van der Waals surface area contributed by atoms with Crippen LogP contribution in [0.15, 0.2) is 125 Å². The van der Waals surface area contributed by atoms with E-state index in [0.717, 1.165) is 34.9 Å². The highest BCUT2D eigenvalue weighted by Gasteiger charge is 2.66. The zero-order valence-corrected chi connectivity index (χ0v) is 36.7. The van der Waals surface area contributed by atoms with E-state index in [1.165, 1.54) is 9.36 Å². The summed E-state index contributed by atoms with van der Waals surface area (Å²) in [7, 11) is -0.970. The number of rotatable bonds is 10. The van der Waals surface area contributed by atoms with Gasteiger partial charge in [0.15, 0.2) is 5.60 Å². The Morgan fingerprint density at radius 2 is 1.46 bits per heavy atom. The van der Waals surface area contributed by atoms with Crippen molar-refractivity contribution in [3.8, 4) is 17.1 Å². The summed E-state index contributed by atoms with van der Waals surface area (Å²) in [4.78, 5) is 60.7. The minimum atomic E-state index is -2.61. The molecule has 3 aliphatic rings. The molecule has 10 rings (SSSR count). The first-order valence-electron chi connectivity index (χ1n) is 21.6. The first-order valence-corrected chi connectivity index (χ1v) is 24.7. The third kappa shape index (κ3) is 6.41. The van der Waals surface area contributed by atoms with Crippen molar-refractivity contribution >= 4 is 52.6 Å². The van der Waals surface area contributed by atoms with E-state index in [4.69, 9.17) is 9.47 Å². The first kappa shape index (κ1) is 40.6. The van der Waals surface area contributed by atoms with Crippen LogP contribution in [0.2, 0.25) is 18.6 Å². The largest absolute Gasteiger partial charge is 0.497 e. The molecule has 0 bridgehead atoms. The van der Waals surface area contributed by atoms with Gasteiger partial charge in [-0.25, -0.2) is 9.36 Å². The Morgan fingerprint density at radius 3 is 2.08 bits per heavy atom. The van der Waals surface area contributed by atoms with Crippen LogP contribution in [-0.2, 0) is 26.5 Å². The smallest absolute Gasteiger partial charge is 0.279 e. The summed E-state index contributed by atoms with van der Waals surface area (Å²) in [6, 6.07) is 35.8. The van der Waals surface area contributed by atoms with Gasteiger partial charge in [-0.2, -0.15) is 0 Å². The first-order chi connectivity index (χ1) is 30.4. The SMILES string of the molecule is COc1ccc([Si](C)(C)[C@H]2[C@H](CC(=O)N3CCC[C@H]3CO)O[C@@]3(C(=O)N(Cc4ccc(-n5[nH]c6ccccc6c5=O)cc4)c4ccc(-n5[nH]c6ccccc6c5=O)cc43)[C@@H]2C)cc1. The van der Waals surface area contributed by atoms with Crippen LogP contribution >= 0.6 is 0 Å². The Labute approximate surface area is 364 Å². The number of fused-ring (bicyclic) bond motifs is 4. The number of hydrogen-bond donors (Lipinski definition) is 3. The molecule has 3 aliphatic heterocycles. The van der Waals surface area contributed by atoms with Crippen LogP contribution < -0.4 is 25.9 Å². The second kappa shape index (κ2) is 15.4. The number of amides is 2. The summed E-state index contributed by atoms with van der Waals surface area (Å²) in [5.74, 6) is -0.00641. The molecule has 322 valence electrons. The number of benzene rings is 5. The molecule has 0 unspecified atom stereocenters. The predicted molar refractivity (Wildman–Crippen MR) is 245 cm³/mol. The van der Waals surface area contributed by atoms with Crippen molar-refractivity contribution < 1.29 is 24.2 Å². The van der Waals surface area contributed by atoms with Crippen molar-refractivity contribution in [1.29, 1.82) is 0 Å². The summed E-state index contributed by atoms with van der Waals surface area (Å²) in [5, 5.41) is 18.9. The van der Waals surface area contributed by atoms with E-state index in [9.17, 15) is 19.5 Å². The molecule has 5 atom stereocenters. The summed E-state index contributed by atoms with van der Waals surface area (Å²) in [6.45, 7) is 7.30. The van der Waals surface area contributed by atoms with E-state index in [1.807, 2.05) is 91.0 Å². The number of H-pyrrole nitrogens is 2. The van der Waals surface area contributed by atoms with Gasteiger partial charge in [0.05, 0.1) is 85.8 Å². The van der Waals surface area contributed by atoms with E-state index in [1.54, 1.807) is 29.0 Å². The lowest BCUT2D eigenvalue weighted by atomic mass is 9.82. The van der Waals surface area contributed by atoms with Gasteiger partial charge < -0.3 is 24.4 Å². The van der Waals surface area contributed by atoms with Crippen LogP contribution in [0.4, 0.5) is 5.69 Å². The summed E-state index contributed by atoms with van der Waals surface area (Å²) >= 11 is 0. The van der Waals surface area contributed by atoms with E-state index in [0.29, 0.717) is 45.5 Å². The fraction of sp³-hybridized carbons (Fsp3) is 0.306. The Bertz CT molecular complexity index is 3020. The third-order valence-corrected chi connectivity index (χ3v) is 18.4. The number of aromatic amines is 2. The van der Waals surface area contributed by atoms with Crippen molar-refractivity contribution in [3.05, 3.63) is 147 Å². The van der Waals surface area contributed by atoms with Gasteiger partial charge in [-0.3, -0.25) is 29.4 Å². The number of nitrogens with zero attached hydrogens (tertiary/aromatic N) is 4. The standard InChI is InChI=1S/C49H50N6O7Si/c1-30-45(63(3,4)36-22-20-35(61-2)21-23-36)43(27-44(57)52-25-9-10-34(52)29-56)62-49(30)39-26-33(55-47(59)38-12-6-8-14-41(38)51-55)19-24-42(39)53(48(49)60)28-31-15-17-32(18-16-31)54-46(58)37-11-5-7-13-40(37)50-54/h5-8,11-24,26,30,34,43,45,50-51,56H,9-10,25,27-29H2,1-4H3/t30-,34+,43+,45-,49+/m1/s1. The van der Waals surface area contributed by atoms with Gasteiger partial charge in [-0.05, 0) is 90.7 Å². The molecule has 0 aliphatic carbocycles. The molecule has 2 amide bonds. The van der Waals surface area contributed by atoms with E-state index >= 15 is 4.79 Å². The minimum absolute atomic E-state index is 0.0538. The number of hydrogen-bond acceptors (Lipinski definition) is 7. The van der Waals surface area contributed by atoms with Gasteiger partial charge >= 0.3 is 0 Å². The number of anilines is 1. The second-order valence-electron chi connectivity index (χ2n) is 17.8. The zero-order valence-electron chi connectivity index (χ0n) is 35.7. The molecule has 2 saturated heterocycles. The average molecular weight is 863 g/mol. The normalized spacial score (nSPS) is 22.2. The van der Waals surface area contributed by atoms with Crippen LogP contribution in [-0.4, -0.2) is 81.9 Å². The van der Waals surface area contributed by atoms with Gasteiger partial charge in [0.1, 0.15) is 5.75 Å². The maximum absolute atomic E-state index is 15.7. The molecule has 2 fully saturated rings. The highest BCUT2D eigenvalue weighted by atomic mass is 28.3. The number of nitrogens with one attached hydrogen (secondary N) is 2. The summed E-state index contributed by atoms with van der Waals surface area (Å²) in [6.07, 6.45) is 0.966. The van der Waals surface area contributed by atoms with Gasteiger partial charge in [-0.15, -0.1) is 0 Å². The lowest BCUT2D eigenvalue weighted by Gasteiger charge is -2.37. The predicted octanol–water partition coefficient (Wildman–Crippen LogP) is 6.10. The quantitative estimate of drug-likeness (QED) is 0.141. The zero-order chi connectivity index (χ0) is 43.8. The highest BCUT2D eigenvalue weighted by Crippen LogP contribution is 2.60. The third-order valence-electron chi connectivity index (χ3n) is 14.1. The molecule has 3 N–H and O–H groups in total. The number of ether oxygens (including phenoxy) is 2. The minimum Gasteiger partial charge on any atom is -0.497 e. The molecular formula is C49H50N6O7Si. The molecule has 0 radical (unpaired) electrons. The highest BCUT2D eigenvalue weighted by molar-refractivity contribution is 6.91. The van der Waals surface area contributed by atoms with Crippen LogP contribution in [0, 0.1) is 5.92 Å². The number of aliphatic hydroxyl groups is 1. The molecule has 5 aromatic carbocycles. The number of carbonyl (C=O) groups excluding carboxylic acids is 2. The van der Waals surface area contributed by atoms with Gasteiger partial charge in [-0.1, -0.05) is 73.7 Å².